The Balaban J connectivity index is 2.24. The van der Waals surface area contributed by atoms with Crippen LogP contribution in [0.15, 0.2) is 34.5 Å². The van der Waals surface area contributed by atoms with Crippen molar-refractivity contribution in [2.45, 2.75) is 18.7 Å². The van der Waals surface area contributed by atoms with E-state index in [9.17, 15) is 18.0 Å². The molecule has 6 nitrogen and oxygen atoms in total. The third-order valence-electron chi connectivity index (χ3n) is 3.30. The van der Waals surface area contributed by atoms with Gasteiger partial charge in [-0.05, 0) is 42.1 Å². The molecule has 0 saturated carbocycles. The lowest BCUT2D eigenvalue weighted by molar-refractivity contribution is 0.100. The zero-order chi connectivity index (χ0) is 17.2. The minimum Gasteiger partial charge on any atom is -0.365 e. The Hall–Kier alpha value is -2.19. The van der Waals surface area contributed by atoms with Crippen molar-refractivity contribution >= 4 is 38.0 Å². The van der Waals surface area contributed by atoms with Gasteiger partial charge in [0, 0.05) is 5.56 Å². The van der Waals surface area contributed by atoms with E-state index in [4.69, 9.17) is 5.73 Å². The van der Waals surface area contributed by atoms with Crippen LogP contribution in [0.1, 0.15) is 33.2 Å². The van der Waals surface area contributed by atoms with Gasteiger partial charge in [-0.15, -0.1) is 11.3 Å². The average Bonchev–Trinajstić information content (AvgIpc) is 2.88. The Labute approximate surface area is 138 Å². The molecule has 0 fully saturated rings. The summed E-state index contributed by atoms with van der Waals surface area (Å²) < 4.78 is 23.5. The predicted octanol–water partition coefficient (Wildman–Crippen LogP) is 2.20. The maximum absolute atomic E-state index is 12.2. The van der Waals surface area contributed by atoms with Gasteiger partial charge in [-0.2, -0.15) is 0 Å². The number of anilines is 1. The van der Waals surface area contributed by atoms with Gasteiger partial charge in [-0.3, -0.25) is 9.59 Å². The maximum atomic E-state index is 12.2. The summed E-state index contributed by atoms with van der Waals surface area (Å²) >= 11 is 1.21. The fraction of sp³-hybridized carbons (Fsp3) is 0.200. The molecule has 1 aromatic heterocycles. The standard InChI is InChI=1S/C15H16N2O4S2/c1-3-23(20,21)11-6-4-10(5-7-11)14(19)17-15-12(13(16)18)9(2)8-22-15/h4-8H,3H2,1-2H3,(H2,16,18)(H,17,19). The van der Waals surface area contributed by atoms with Crippen LogP contribution in [0.3, 0.4) is 0 Å². The summed E-state index contributed by atoms with van der Waals surface area (Å²) in [5.74, 6) is -1.05. The largest absolute Gasteiger partial charge is 0.365 e. The second-order valence-corrected chi connectivity index (χ2v) is 8.03. The molecule has 0 spiro atoms. The Morgan fingerprint density at radius 3 is 2.35 bits per heavy atom. The van der Waals surface area contributed by atoms with E-state index < -0.39 is 21.7 Å². The first kappa shape index (κ1) is 17.2. The third kappa shape index (κ3) is 3.59. The lowest BCUT2D eigenvalue weighted by Crippen LogP contribution is -2.17. The van der Waals surface area contributed by atoms with Crippen LogP contribution < -0.4 is 11.1 Å². The molecule has 0 unspecified atom stereocenters. The van der Waals surface area contributed by atoms with Crippen LogP contribution in [0.4, 0.5) is 5.00 Å². The molecule has 0 saturated heterocycles. The van der Waals surface area contributed by atoms with Gasteiger partial charge in [0.1, 0.15) is 5.00 Å². The molecular weight excluding hydrogens is 336 g/mol. The van der Waals surface area contributed by atoms with E-state index in [0.717, 1.165) is 0 Å². The molecule has 0 aliphatic carbocycles. The van der Waals surface area contributed by atoms with Gasteiger partial charge < -0.3 is 11.1 Å². The highest BCUT2D eigenvalue weighted by Crippen LogP contribution is 2.27. The van der Waals surface area contributed by atoms with Crippen molar-refractivity contribution in [3.8, 4) is 0 Å². The Kier molecular flexibility index (Phi) is 4.86. The van der Waals surface area contributed by atoms with Crippen LogP contribution in [0.25, 0.3) is 0 Å². The number of aryl methyl sites for hydroxylation is 1. The number of nitrogens with two attached hydrogens (primary N) is 1. The van der Waals surface area contributed by atoms with E-state index in [2.05, 4.69) is 5.32 Å². The summed E-state index contributed by atoms with van der Waals surface area (Å²) in [5.41, 5.74) is 6.58. The third-order valence-corrected chi connectivity index (χ3v) is 6.07. The van der Waals surface area contributed by atoms with Crippen molar-refractivity contribution in [3.05, 3.63) is 46.3 Å². The van der Waals surface area contributed by atoms with Crippen molar-refractivity contribution < 1.29 is 18.0 Å². The molecule has 2 aromatic rings. The van der Waals surface area contributed by atoms with Gasteiger partial charge in [-0.25, -0.2) is 8.42 Å². The van der Waals surface area contributed by atoms with Gasteiger partial charge in [0.05, 0.1) is 16.2 Å². The minimum absolute atomic E-state index is 0.00497. The lowest BCUT2D eigenvalue weighted by atomic mass is 10.2. The predicted molar refractivity (Wildman–Crippen MR) is 89.7 cm³/mol. The number of primary amides is 1. The molecule has 8 heteroatoms. The molecule has 0 bridgehead atoms. The van der Waals surface area contributed by atoms with Gasteiger partial charge in [-0.1, -0.05) is 6.92 Å². The number of benzene rings is 1. The SMILES string of the molecule is CCS(=O)(=O)c1ccc(C(=O)Nc2scc(C)c2C(N)=O)cc1. The molecule has 0 aliphatic heterocycles. The van der Waals surface area contributed by atoms with Crippen molar-refractivity contribution in [1.82, 2.24) is 0 Å². The van der Waals surface area contributed by atoms with Crippen LogP contribution in [0.2, 0.25) is 0 Å². The smallest absolute Gasteiger partial charge is 0.256 e. The summed E-state index contributed by atoms with van der Waals surface area (Å²) in [6.45, 7) is 3.29. The van der Waals surface area contributed by atoms with Gasteiger partial charge in [0.15, 0.2) is 9.84 Å². The van der Waals surface area contributed by atoms with Crippen LogP contribution in [0.5, 0.6) is 0 Å². The zero-order valence-corrected chi connectivity index (χ0v) is 14.3. The fourth-order valence-corrected chi connectivity index (χ4v) is 3.83. The lowest BCUT2D eigenvalue weighted by Gasteiger charge is -2.06. The van der Waals surface area contributed by atoms with E-state index >= 15 is 0 Å². The normalized spacial score (nSPS) is 11.2. The Morgan fingerprint density at radius 1 is 1.22 bits per heavy atom. The molecule has 1 aromatic carbocycles. The molecule has 3 N–H and O–H groups in total. The Bertz CT molecular complexity index is 852. The minimum atomic E-state index is -3.30. The molecular formula is C15H16N2O4S2. The van der Waals surface area contributed by atoms with Crippen LogP contribution in [0, 0.1) is 6.92 Å². The molecule has 23 heavy (non-hydrogen) atoms. The molecule has 0 radical (unpaired) electrons. The summed E-state index contributed by atoms with van der Waals surface area (Å²) in [6.07, 6.45) is 0. The number of nitrogens with one attached hydrogen (secondary N) is 1. The van der Waals surface area contributed by atoms with Gasteiger partial charge in [0.25, 0.3) is 11.8 Å². The summed E-state index contributed by atoms with van der Waals surface area (Å²) in [4.78, 5) is 23.8. The van der Waals surface area contributed by atoms with Crippen LogP contribution >= 0.6 is 11.3 Å². The second-order valence-electron chi connectivity index (χ2n) is 4.87. The number of thiophene rings is 1. The number of carbonyl (C=O) groups excluding carboxylic acids is 2. The number of amides is 2. The number of hydrogen-bond donors (Lipinski definition) is 2. The van der Waals surface area contributed by atoms with E-state index in [1.807, 2.05) is 0 Å². The molecule has 0 aliphatic rings. The highest BCUT2D eigenvalue weighted by Gasteiger charge is 2.17. The maximum Gasteiger partial charge on any atom is 0.256 e. The molecule has 0 atom stereocenters. The molecule has 2 rings (SSSR count). The molecule has 122 valence electrons. The van der Waals surface area contributed by atoms with E-state index in [1.165, 1.54) is 35.6 Å². The van der Waals surface area contributed by atoms with Crippen LogP contribution in [-0.2, 0) is 9.84 Å². The van der Waals surface area contributed by atoms with Crippen molar-refractivity contribution in [3.63, 3.8) is 0 Å². The van der Waals surface area contributed by atoms with E-state index in [1.54, 1.807) is 19.2 Å². The summed E-state index contributed by atoms with van der Waals surface area (Å²) in [7, 11) is -3.30. The second kappa shape index (κ2) is 6.51. The first-order valence-corrected chi connectivity index (χ1v) is 9.31. The summed E-state index contributed by atoms with van der Waals surface area (Å²) in [6, 6.07) is 5.65. The first-order valence-electron chi connectivity index (χ1n) is 6.78. The van der Waals surface area contributed by atoms with Crippen molar-refractivity contribution in [2.24, 2.45) is 5.73 Å². The average molecular weight is 352 g/mol. The Morgan fingerprint density at radius 2 is 1.83 bits per heavy atom. The number of sulfone groups is 1. The van der Waals surface area contributed by atoms with Crippen LogP contribution in [-0.4, -0.2) is 26.0 Å². The number of carbonyl (C=O) groups is 2. The fourth-order valence-electron chi connectivity index (χ4n) is 2.00. The zero-order valence-electron chi connectivity index (χ0n) is 12.6. The van der Waals surface area contributed by atoms with Gasteiger partial charge >= 0.3 is 0 Å². The quantitative estimate of drug-likeness (QED) is 0.860. The monoisotopic (exact) mass is 352 g/mol. The first-order chi connectivity index (χ1) is 10.8. The van der Waals surface area contributed by atoms with E-state index in [-0.39, 0.29) is 16.2 Å². The molecule has 2 amide bonds. The highest BCUT2D eigenvalue weighted by atomic mass is 32.2. The summed E-state index contributed by atoms with van der Waals surface area (Å²) in [5, 5.41) is 4.74. The topological polar surface area (TPSA) is 106 Å². The van der Waals surface area contributed by atoms with Gasteiger partial charge in [0.2, 0.25) is 0 Å². The number of hydrogen-bond acceptors (Lipinski definition) is 5. The number of rotatable bonds is 5. The molecule has 1 heterocycles. The van der Waals surface area contributed by atoms with Crippen molar-refractivity contribution in [1.29, 1.82) is 0 Å². The highest BCUT2D eigenvalue weighted by molar-refractivity contribution is 7.91. The van der Waals surface area contributed by atoms with Crippen molar-refractivity contribution in [2.75, 3.05) is 11.1 Å². The van der Waals surface area contributed by atoms with E-state index in [0.29, 0.717) is 16.1 Å².